The second kappa shape index (κ2) is 13.2. The summed E-state index contributed by atoms with van der Waals surface area (Å²) in [6.07, 6.45) is 6.55. The lowest BCUT2D eigenvalue weighted by Gasteiger charge is -2.27. The van der Waals surface area contributed by atoms with Crippen molar-refractivity contribution in [3.05, 3.63) is 205 Å². The van der Waals surface area contributed by atoms with Crippen molar-refractivity contribution in [3.63, 3.8) is 0 Å². The molecule has 2 atom stereocenters. The Hall–Kier alpha value is -7.37. The van der Waals surface area contributed by atoms with Crippen molar-refractivity contribution in [2.75, 3.05) is 0 Å². The van der Waals surface area contributed by atoms with Gasteiger partial charge in [0.15, 0.2) is 17.5 Å². The van der Waals surface area contributed by atoms with Crippen LogP contribution in [0.5, 0.6) is 5.75 Å². The lowest BCUT2D eigenvalue weighted by Crippen LogP contribution is -2.18. The highest BCUT2D eigenvalue weighted by atomic mass is 16.5. The number of benzene rings is 7. The van der Waals surface area contributed by atoms with Crippen LogP contribution in [0.4, 0.5) is 0 Å². The smallest absolute Gasteiger partial charge is 0.164 e. The quantitative estimate of drug-likeness (QED) is 0.172. The first-order chi connectivity index (χ1) is 27.7. The molecule has 264 valence electrons. The molecular weight excluding hydrogens is 685 g/mol. The molecule has 1 aliphatic heterocycles. The summed E-state index contributed by atoms with van der Waals surface area (Å²) in [4.78, 5) is 15.1. The van der Waals surface area contributed by atoms with Crippen LogP contribution in [-0.4, -0.2) is 19.5 Å². The van der Waals surface area contributed by atoms with E-state index in [2.05, 4.69) is 162 Å². The molecule has 0 saturated heterocycles. The van der Waals surface area contributed by atoms with Gasteiger partial charge in [0.2, 0.25) is 0 Å². The Labute approximate surface area is 324 Å². The van der Waals surface area contributed by atoms with Crippen LogP contribution in [0.25, 0.3) is 78.2 Å². The van der Waals surface area contributed by atoms with Crippen LogP contribution in [-0.2, 0) is 0 Å². The Morgan fingerprint density at radius 3 is 1.71 bits per heavy atom. The van der Waals surface area contributed by atoms with Gasteiger partial charge in [0, 0.05) is 44.1 Å². The summed E-state index contributed by atoms with van der Waals surface area (Å²) in [7, 11) is 0. The highest BCUT2D eigenvalue weighted by molar-refractivity contribution is 6.09. The summed E-state index contributed by atoms with van der Waals surface area (Å²) >= 11 is 0. The monoisotopic (exact) mass is 718 g/mol. The molecule has 2 unspecified atom stereocenters. The number of rotatable bonds is 6. The van der Waals surface area contributed by atoms with Gasteiger partial charge < -0.3 is 9.30 Å². The molecule has 0 saturated carbocycles. The third-order valence-corrected chi connectivity index (χ3v) is 11.1. The minimum atomic E-state index is 0.00591. The topological polar surface area (TPSA) is 52.8 Å². The summed E-state index contributed by atoms with van der Waals surface area (Å²) in [5.74, 6) is 3.62. The number of hydrogen-bond acceptors (Lipinski definition) is 4. The van der Waals surface area contributed by atoms with E-state index in [0.717, 1.165) is 44.9 Å². The van der Waals surface area contributed by atoms with Gasteiger partial charge in [0.1, 0.15) is 11.5 Å². The molecule has 0 amide bonds. The molecule has 3 heterocycles. The van der Waals surface area contributed by atoms with Crippen LogP contribution in [0.1, 0.15) is 17.5 Å². The van der Waals surface area contributed by atoms with Crippen molar-refractivity contribution in [2.45, 2.75) is 12.0 Å². The third-order valence-electron chi connectivity index (χ3n) is 11.1. The van der Waals surface area contributed by atoms with Gasteiger partial charge in [0.05, 0.1) is 12.0 Å². The van der Waals surface area contributed by atoms with E-state index in [1.54, 1.807) is 0 Å². The molecule has 56 heavy (non-hydrogen) atoms. The molecule has 1 aliphatic carbocycles. The minimum Gasteiger partial charge on any atom is -0.461 e. The average molecular weight is 719 g/mol. The zero-order valence-electron chi connectivity index (χ0n) is 30.3. The van der Waals surface area contributed by atoms with E-state index < -0.39 is 0 Å². The number of para-hydroxylation sites is 1. The summed E-state index contributed by atoms with van der Waals surface area (Å²) in [5.41, 5.74) is 11.0. The molecule has 2 aliphatic rings. The molecule has 0 spiro atoms. The van der Waals surface area contributed by atoms with Crippen molar-refractivity contribution in [1.82, 2.24) is 19.5 Å². The number of allylic oxidation sites excluding steroid dienone is 4. The lowest BCUT2D eigenvalue weighted by molar-refractivity contribution is 0.398. The molecule has 2 aromatic heterocycles. The van der Waals surface area contributed by atoms with E-state index in [1.165, 1.54) is 32.9 Å². The highest BCUT2D eigenvalue weighted by Gasteiger charge is 2.38. The highest BCUT2D eigenvalue weighted by Crippen LogP contribution is 2.51. The van der Waals surface area contributed by atoms with Crippen LogP contribution in [0.3, 0.4) is 0 Å². The molecule has 0 radical (unpaired) electrons. The van der Waals surface area contributed by atoms with Gasteiger partial charge in [-0.05, 0) is 58.7 Å². The molecule has 0 fully saturated rings. The third kappa shape index (κ3) is 5.44. The van der Waals surface area contributed by atoms with E-state index in [9.17, 15) is 0 Å². The zero-order chi connectivity index (χ0) is 37.0. The van der Waals surface area contributed by atoms with Gasteiger partial charge in [-0.1, -0.05) is 158 Å². The average Bonchev–Trinajstić information content (AvgIpc) is 3.82. The van der Waals surface area contributed by atoms with E-state index in [-0.39, 0.29) is 12.0 Å². The Balaban J connectivity index is 1.01. The molecule has 11 rings (SSSR count). The van der Waals surface area contributed by atoms with E-state index in [4.69, 9.17) is 19.7 Å². The zero-order valence-corrected chi connectivity index (χ0v) is 30.3. The Morgan fingerprint density at radius 1 is 0.429 bits per heavy atom. The van der Waals surface area contributed by atoms with Crippen molar-refractivity contribution >= 4 is 21.8 Å². The maximum absolute atomic E-state index is 6.72. The van der Waals surface area contributed by atoms with Crippen LogP contribution in [0, 0.1) is 0 Å². The molecule has 0 N–H and O–H groups in total. The van der Waals surface area contributed by atoms with Gasteiger partial charge in [-0.25, -0.2) is 15.0 Å². The van der Waals surface area contributed by atoms with Gasteiger partial charge >= 0.3 is 0 Å². The molecule has 7 aromatic carbocycles. The van der Waals surface area contributed by atoms with E-state index in [1.807, 2.05) is 36.4 Å². The second-order valence-electron chi connectivity index (χ2n) is 14.4. The molecule has 5 nitrogen and oxygen atoms in total. The number of ether oxygens (including phenoxy) is 1. The first-order valence-electron chi connectivity index (χ1n) is 19.0. The van der Waals surface area contributed by atoms with Gasteiger partial charge in [-0.2, -0.15) is 0 Å². The van der Waals surface area contributed by atoms with Crippen LogP contribution < -0.4 is 4.74 Å². The standard InChI is InChI=1S/C51H34N4O/c1-4-14-33(15-5-1)36-20-12-21-38(30-36)50-52-49(35-18-8-3-9-19-35)53-51(54-50)39-26-28-41-47(32-39)56-46-25-13-24-45(48(41)46)55-43-23-11-10-22-40(43)42-31-37(27-29-44(42)55)34-16-6-2-7-17-34/h1-32,45,48H. The van der Waals surface area contributed by atoms with E-state index >= 15 is 0 Å². The fraction of sp³-hybridized carbons (Fsp3) is 0.0392. The summed E-state index contributed by atoms with van der Waals surface area (Å²) in [5, 5.41) is 2.49. The van der Waals surface area contributed by atoms with Crippen molar-refractivity contribution in [3.8, 4) is 62.2 Å². The number of nitrogens with zero attached hydrogens (tertiary/aromatic N) is 4. The van der Waals surface area contributed by atoms with Crippen molar-refractivity contribution < 1.29 is 4.74 Å². The van der Waals surface area contributed by atoms with Gasteiger partial charge in [0.25, 0.3) is 0 Å². The first kappa shape index (κ1) is 32.1. The van der Waals surface area contributed by atoms with Crippen LogP contribution in [0.2, 0.25) is 0 Å². The summed E-state index contributed by atoms with van der Waals surface area (Å²) in [6.45, 7) is 0. The summed E-state index contributed by atoms with van der Waals surface area (Å²) in [6, 6.07) is 61.5. The molecule has 5 heteroatoms. The number of hydrogen-bond donors (Lipinski definition) is 0. The van der Waals surface area contributed by atoms with Gasteiger partial charge in [-0.3, -0.25) is 0 Å². The molecule has 9 aromatic rings. The van der Waals surface area contributed by atoms with Crippen LogP contribution in [0.15, 0.2) is 200 Å². The predicted molar refractivity (Wildman–Crippen MR) is 226 cm³/mol. The first-order valence-corrected chi connectivity index (χ1v) is 19.0. The fourth-order valence-electron chi connectivity index (χ4n) is 8.42. The van der Waals surface area contributed by atoms with Crippen LogP contribution >= 0.6 is 0 Å². The second-order valence-corrected chi connectivity index (χ2v) is 14.4. The number of aromatic nitrogens is 4. The fourth-order valence-corrected chi connectivity index (χ4v) is 8.42. The molecular formula is C51H34N4O. The van der Waals surface area contributed by atoms with Crippen molar-refractivity contribution in [2.24, 2.45) is 0 Å². The normalized spacial score (nSPS) is 15.7. The SMILES string of the molecule is C1=CC(n2c3ccccc3c3cc(-c4ccccc4)ccc32)C2C(=C1)Oc1cc(-c3nc(-c4ccccc4)nc(-c4cccc(-c5ccccc5)c4)n3)ccc12. The minimum absolute atomic E-state index is 0.00591. The largest absolute Gasteiger partial charge is 0.461 e. The Kier molecular flexibility index (Phi) is 7.56. The van der Waals surface area contributed by atoms with Crippen molar-refractivity contribution in [1.29, 1.82) is 0 Å². The Bertz CT molecular complexity index is 3000. The molecule has 0 bridgehead atoms. The maximum Gasteiger partial charge on any atom is 0.164 e. The predicted octanol–water partition coefficient (Wildman–Crippen LogP) is 12.5. The van der Waals surface area contributed by atoms with Gasteiger partial charge in [-0.15, -0.1) is 0 Å². The summed E-state index contributed by atoms with van der Waals surface area (Å²) < 4.78 is 9.22. The number of fused-ring (bicyclic) bond motifs is 6. The van der Waals surface area contributed by atoms with E-state index in [0.29, 0.717) is 17.5 Å². The Morgan fingerprint density at radius 2 is 0.982 bits per heavy atom. The maximum atomic E-state index is 6.72. The lowest BCUT2D eigenvalue weighted by atomic mass is 9.87.